The van der Waals surface area contributed by atoms with Crippen molar-refractivity contribution in [2.45, 2.75) is 20.0 Å². The van der Waals surface area contributed by atoms with Gasteiger partial charge in [0.1, 0.15) is 5.41 Å². The van der Waals surface area contributed by atoms with Gasteiger partial charge < -0.3 is 10.6 Å². The molecular weight excluding hydrogens is 333 g/mol. The van der Waals surface area contributed by atoms with Gasteiger partial charge in [0, 0.05) is 11.4 Å². The van der Waals surface area contributed by atoms with Crippen LogP contribution >= 0.6 is 0 Å². The number of amides is 2. The highest BCUT2D eigenvalue weighted by Gasteiger charge is 2.36. The van der Waals surface area contributed by atoms with Crippen molar-refractivity contribution in [1.29, 1.82) is 0 Å². The Kier molecular flexibility index (Phi) is 5.15. The minimum atomic E-state index is -4.51. The lowest BCUT2D eigenvalue weighted by atomic mass is 9.90. The van der Waals surface area contributed by atoms with Gasteiger partial charge in [-0.1, -0.05) is 24.3 Å². The van der Waals surface area contributed by atoms with Crippen LogP contribution in [-0.4, -0.2) is 11.8 Å². The molecule has 0 aliphatic carbocycles. The summed E-state index contributed by atoms with van der Waals surface area (Å²) in [5, 5.41) is 4.97. The number of rotatable bonds is 4. The maximum absolute atomic E-state index is 12.7. The third-order valence-electron chi connectivity index (χ3n) is 3.61. The Morgan fingerprint density at radius 3 is 1.88 bits per heavy atom. The largest absolute Gasteiger partial charge is 0.416 e. The topological polar surface area (TPSA) is 58.2 Å². The van der Waals surface area contributed by atoms with E-state index in [-0.39, 0.29) is 5.69 Å². The monoisotopic (exact) mass is 350 g/mol. The fourth-order valence-corrected chi connectivity index (χ4v) is 1.97. The van der Waals surface area contributed by atoms with Crippen molar-refractivity contribution < 1.29 is 22.8 Å². The fourth-order valence-electron chi connectivity index (χ4n) is 1.97. The minimum absolute atomic E-state index is 0.0274. The molecule has 132 valence electrons. The van der Waals surface area contributed by atoms with Gasteiger partial charge >= 0.3 is 6.18 Å². The van der Waals surface area contributed by atoms with Gasteiger partial charge in [0.25, 0.3) is 0 Å². The minimum Gasteiger partial charge on any atom is -0.325 e. The summed E-state index contributed by atoms with van der Waals surface area (Å²) >= 11 is 0. The molecule has 4 nitrogen and oxygen atoms in total. The van der Waals surface area contributed by atoms with Gasteiger partial charge in [0.2, 0.25) is 11.8 Å². The molecule has 2 amide bonds. The van der Waals surface area contributed by atoms with E-state index in [1.807, 2.05) is 0 Å². The predicted molar refractivity (Wildman–Crippen MR) is 88.9 cm³/mol. The Hall–Kier alpha value is -2.83. The number of hydrogen-bond donors (Lipinski definition) is 2. The summed E-state index contributed by atoms with van der Waals surface area (Å²) in [6.07, 6.45) is -4.51. The van der Waals surface area contributed by atoms with Gasteiger partial charge in [0.15, 0.2) is 0 Å². The van der Waals surface area contributed by atoms with E-state index in [1.54, 1.807) is 30.3 Å². The van der Waals surface area contributed by atoms with Crippen molar-refractivity contribution in [3.63, 3.8) is 0 Å². The molecule has 2 rings (SSSR count). The summed E-state index contributed by atoms with van der Waals surface area (Å²) in [7, 11) is 0. The molecule has 0 heterocycles. The lowest BCUT2D eigenvalue weighted by Gasteiger charge is -2.23. The van der Waals surface area contributed by atoms with E-state index in [0.29, 0.717) is 5.69 Å². The van der Waals surface area contributed by atoms with Gasteiger partial charge in [-0.2, -0.15) is 13.2 Å². The molecule has 0 aromatic heterocycles. The molecule has 0 spiro atoms. The number of carbonyl (C=O) groups is 2. The zero-order chi connectivity index (χ0) is 18.7. The fraction of sp³-hybridized carbons (Fsp3) is 0.222. The molecule has 0 aliphatic heterocycles. The molecule has 0 saturated heterocycles. The van der Waals surface area contributed by atoms with Crippen LogP contribution in [0.2, 0.25) is 0 Å². The van der Waals surface area contributed by atoms with Crippen LogP contribution in [0.15, 0.2) is 54.6 Å². The zero-order valence-corrected chi connectivity index (χ0v) is 13.6. The molecule has 0 bridgehead atoms. The zero-order valence-electron chi connectivity index (χ0n) is 13.6. The molecule has 0 atom stereocenters. The first-order chi connectivity index (χ1) is 11.6. The Bertz CT molecular complexity index is 771. The molecule has 0 saturated carbocycles. The summed E-state index contributed by atoms with van der Waals surface area (Å²) in [5.41, 5.74) is -1.87. The number of carbonyl (C=O) groups excluding carboxylic acids is 2. The molecule has 0 fully saturated rings. The number of halogens is 3. The molecule has 0 unspecified atom stereocenters. The van der Waals surface area contributed by atoms with Crippen LogP contribution in [0.1, 0.15) is 19.4 Å². The van der Waals surface area contributed by atoms with E-state index in [1.165, 1.54) is 26.0 Å². The van der Waals surface area contributed by atoms with Crippen molar-refractivity contribution in [3.05, 3.63) is 60.2 Å². The van der Waals surface area contributed by atoms with E-state index < -0.39 is 29.0 Å². The molecule has 25 heavy (non-hydrogen) atoms. The quantitative estimate of drug-likeness (QED) is 0.808. The average Bonchev–Trinajstić information content (AvgIpc) is 2.55. The number of nitrogens with one attached hydrogen (secondary N) is 2. The molecule has 2 aromatic carbocycles. The number of para-hydroxylation sites is 1. The highest BCUT2D eigenvalue weighted by atomic mass is 19.4. The normalized spacial score (nSPS) is 11.7. The summed E-state index contributed by atoms with van der Waals surface area (Å²) in [4.78, 5) is 24.7. The molecular formula is C18H17F3N2O2. The second-order valence-electron chi connectivity index (χ2n) is 5.98. The van der Waals surface area contributed by atoms with Crippen LogP contribution in [0.25, 0.3) is 0 Å². The number of alkyl halides is 3. The van der Waals surface area contributed by atoms with E-state index in [0.717, 1.165) is 12.1 Å². The third-order valence-corrected chi connectivity index (χ3v) is 3.61. The molecule has 0 radical (unpaired) electrons. The maximum atomic E-state index is 12.7. The Labute approximate surface area is 143 Å². The first-order valence-corrected chi connectivity index (χ1v) is 7.46. The van der Waals surface area contributed by atoms with Crippen molar-refractivity contribution >= 4 is 23.2 Å². The smallest absolute Gasteiger partial charge is 0.325 e. The molecule has 2 N–H and O–H groups in total. The Morgan fingerprint density at radius 1 is 0.800 bits per heavy atom. The number of benzene rings is 2. The van der Waals surface area contributed by atoms with E-state index in [2.05, 4.69) is 10.6 Å². The SMILES string of the molecule is CC(C)(C(=O)Nc1ccccc1)C(=O)Nc1cccc(C(F)(F)F)c1. The van der Waals surface area contributed by atoms with Crippen molar-refractivity contribution in [1.82, 2.24) is 0 Å². The summed E-state index contributed by atoms with van der Waals surface area (Å²) in [6, 6.07) is 12.8. The van der Waals surface area contributed by atoms with Crippen LogP contribution < -0.4 is 10.6 Å². The Balaban J connectivity index is 2.12. The van der Waals surface area contributed by atoms with Crippen molar-refractivity contribution in [2.75, 3.05) is 10.6 Å². The molecule has 2 aromatic rings. The third kappa shape index (κ3) is 4.59. The summed E-state index contributed by atoms with van der Waals surface area (Å²) in [6.45, 7) is 2.79. The van der Waals surface area contributed by atoms with Gasteiger partial charge in [-0.05, 0) is 44.2 Å². The first kappa shape index (κ1) is 18.5. The van der Waals surface area contributed by atoms with Gasteiger partial charge in [-0.25, -0.2) is 0 Å². The molecule has 7 heteroatoms. The highest BCUT2D eigenvalue weighted by molar-refractivity contribution is 6.14. The standard InChI is InChI=1S/C18H17F3N2O2/c1-17(2,15(24)22-13-8-4-3-5-9-13)16(25)23-14-10-6-7-12(11-14)18(19,20)21/h3-11H,1-2H3,(H,22,24)(H,23,25). The number of anilines is 2. The predicted octanol–water partition coefficient (Wildman–Crippen LogP) is 4.31. The molecule has 0 aliphatic rings. The average molecular weight is 350 g/mol. The first-order valence-electron chi connectivity index (χ1n) is 7.46. The Morgan fingerprint density at radius 2 is 1.32 bits per heavy atom. The van der Waals surface area contributed by atoms with Gasteiger partial charge in [0.05, 0.1) is 5.56 Å². The maximum Gasteiger partial charge on any atom is 0.416 e. The lowest BCUT2D eigenvalue weighted by Crippen LogP contribution is -2.41. The van der Waals surface area contributed by atoms with Crippen LogP contribution in [0.3, 0.4) is 0 Å². The van der Waals surface area contributed by atoms with Crippen LogP contribution in [-0.2, 0) is 15.8 Å². The van der Waals surface area contributed by atoms with Crippen LogP contribution in [0.5, 0.6) is 0 Å². The van der Waals surface area contributed by atoms with Gasteiger partial charge in [-0.3, -0.25) is 9.59 Å². The summed E-state index contributed by atoms with van der Waals surface area (Å²) < 4.78 is 38.2. The van der Waals surface area contributed by atoms with Crippen LogP contribution in [0, 0.1) is 5.41 Å². The summed E-state index contributed by atoms with van der Waals surface area (Å²) in [5.74, 6) is -1.27. The van der Waals surface area contributed by atoms with Crippen molar-refractivity contribution in [3.8, 4) is 0 Å². The van der Waals surface area contributed by atoms with Crippen molar-refractivity contribution in [2.24, 2.45) is 5.41 Å². The van der Waals surface area contributed by atoms with E-state index in [9.17, 15) is 22.8 Å². The van der Waals surface area contributed by atoms with Crippen LogP contribution in [0.4, 0.5) is 24.5 Å². The van der Waals surface area contributed by atoms with Gasteiger partial charge in [-0.15, -0.1) is 0 Å². The second-order valence-corrected chi connectivity index (χ2v) is 5.98. The highest BCUT2D eigenvalue weighted by Crippen LogP contribution is 2.31. The van der Waals surface area contributed by atoms with E-state index in [4.69, 9.17) is 0 Å². The van der Waals surface area contributed by atoms with E-state index >= 15 is 0 Å². The number of hydrogen-bond acceptors (Lipinski definition) is 2. The second kappa shape index (κ2) is 6.96. The lowest BCUT2D eigenvalue weighted by molar-refractivity contribution is -0.138.